The zero-order valence-electron chi connectivity index (χ0n) is 19.6. The molecule has 0 aliphatic carbocycles. The van der Waals surface area contributed by atoms with Crippen molar-refractivity contribution in [1.82, 2.24) is 14.7 Å². The van der Waals surface area contributed by atoms with Crippen LogP contribution in [0.1, 0.15) is 16.7 Å². The van der Waals surface area contributed by atoms with Crippen LogP contribution in [-0.2, 0) is 16.1 Å². The lowest BCUT2D eigenvalue weighted by molar-refractivity contribution is -0.134. The summed E-state index contributed by atoms with van der Waals surface area (Å²) in [5, 5.41) is 3.04. The molecule has 32 heavy (non-hydrogen) atoms. The SMILES string of the molecule is COc1cccc(CN(C)CC(=O)N2CCN(CC(=O)Nc3c(C)cccc3C)CC2)c1. The molecule has 0 atom stereocenters. The number of carbonyl (C=O) groups is 2. The number of piperazine rings is 1. The molecule has 1 aliphatic rings. The van der Waals surface area contributed by atoms with Crippen LogP contribution in [0.4, 0.5) is 5.69 Å². The van der Waals surface area contributed by atoms with Gasteiger partial charge in [0.25, 0.3) is 0 Å². The minimum absolute atomic E-state index is 0.0137. The van der Waals surface area contributed by atoms with Crippen molar-refractivity contribution in [3.05, 3.63) is 59.2 Å². The van der Waals surface area contributed by atoms with E-state index in [4.69, 9.17) is 4.74 Å². The maximum absolute atomic E-state index is 12.7. The summed E-state index contributed by atoms with van der Waals surface area (Å²) in [6.45, 7) is 8.07. The molecule has 0 aromatic heterocycles. The molecule has 7 heteroatoms. The molecule has 1 saturated heterocycles. The Morgan fingerprint density at radius 2 is 1.69 bits per heavy atom. The Bertz CT molecular complexity index is 918. The Morgan fingerprint density at radius 1 is 1.03 bits per heavy atom. The second kappa shape index (κ2) is 11.1. The van der Waals surface area contributed by atoms with Gasteiger partial charge in [0.15, 0.2) is 0 Å². The molecule has 3 rings (SSSR count). The van der Waals surface area contributed by atoms with Gasteiger partial charge < -0.3 is 15.0 Å². The quantitative estimate of drug-likeness (QED) is 0.686. The average molecular weight is 439 g/mol. The highest BCUT2D eigenvalue weighted by Crippen LogP contribution is 2.19. The van der Waals surface area contributed by atoms with Crippen molar-refractivity contribution in [2.75, 3.05) is 58.7 Å². The highest BCUT2D eigenvalue weighted by Gasteiger charge is 2.23. The number of hydrogen-bond acceptors (Lipinski definition) is 5. The Morgan fingerprint density at radius 3 is 2.34 bits per heavy atom. The van der Waals surface area contributed by atoms with Crippen LogP contribution in [0.5, 0.6) is 5.75 Å². The van der Waals surface area contributed by atoms with E-state index in [2.05, 4.69) is 10.2 Å². The Hall–Kier alpha value is -2.90. The Balaban J connectivity index is 1.42. The number of amides is 2. The third-order valence-corrected chi connectivity index (χ3v) is 5.83. The van der Waals surface area contributed by atoms with Gasteiger partial charge in [-0.2, -0.15) is 0 Å². The summed E-state index contributed by atoms with van der Waals surface area (Å²) in [5.74, 6) is 0.926. The van der Waals surface area contributed by atoms with E-state index in [9.17, 15) is 9.59 Å². The van der Waals surface area contributed by atoms with E-state index in [1.54, 1.807) is 7.11 Å². The van der Waals surface area contributed by atoms with Crippen LogP contribution in [0.3, 0.4) is 0 Å². The van der Waals surface area contributed by atoms with Crippen molar-refractivity contribution in [3.8, 4) is 5.75 Å². The molecule has 2 amide bonds. The molecule has 0 spiro atoms. The summed E-state index contributed by atoms with van der Waals surface area (Å²) in [6, 6.07) is 13.9. The summed E-state index contributed by atoms with van der Waals surface area (Å²) in [6.07, 6.45) is 0. The molecule has 0 saturated carbocycles. The second-order valence-electron chi connectivity index (χ2n) is 8.50. The van der Waals surface area contributed by atoms with Crippen LogP contribution in [-0.4, -0.2) is 79.9 Å². The van der Waals surface area contributed by atoms with Crippen LogP contribution < -0.4 is 10.1 Å². The van der Waals surface area contributed by atoms with Gasteiger partial charge in [0, 0.05) is 38.4 Å². The maximum Gasteiger partial charge on any atom is 0.238 e. The number of nitrogens with zero attached hydrogens (tertiary/aromatic N) is 3. The van der Waals surface area contributed by atoms with Gasteiger partial charge in [0.2, 0.25) is 11.8 Å². The zero-order chi connectivity index (χ0) is 23.1. The largest absolute Gasteiger partial charge is 0.497 e. The minimum atomic E-state index is -0.0137. The lowest BCUT2D eigenvalue weighted by Gasteiger charge is -2.35. The first-order valence-electron chi connectivity index (χ1n) is 11.0. The van der Waals surface area contributed by atoms with Crippen LogP contribution in [0.25, 0.3) is 0 Å². The fourth-order valence-electron chi connectivity index (χ4n) is 4.02. The first-order chi connectivity index (χ1) is 15.4. The first-order valence-corrected chi connectivity index (χ1v) is 11.0. The van der Waals surface area contributed by atoms with E-state index < -0.39 is 0 Å². The van der Waals surface area contributed by atoms with E-state index >= 15 is 0 Å². The van der Waals surface area contributed by atoms with Gasteiger partial charge in [-0.25, -0.2) is 0 Å². The predicted molar refractivity (Wildman–Crippen MR) is 127 cm³/mol. The monoisotopic (exact) mass is 438 g/mol. The standard InChI is InChI=1S/C25H34N4O3/c1-19-7-5-8-20(2)25(19)26-23(30)17-28-11-13-29(14-12-28)24(31)18-27(3)16-21-9-6-10-22(15-21)32-4/h5-10,15H,11-14,16-18H2,1-4H3,(H,26,30). The van der Waals surface area contributed by atoms with Gasteiger partial charge in [-0.3, -0.25) is 19.4 Å². The lowest BCUT2D eigenvalue weighted by Crippen LogP contribution is -2.52. The molecule has 1 heterocycles. The molecule has 2 aromatic rings. The van der Waals surface area contributed by atoms with Crippen molar-refractivity contribution in [3.63, 3.8) is 0 Å². The smallest absolute Gasteiger partial charge is 0.238 e. The topological polar surface area (TPSA) is 65.1 Å². The third kappa shape index (κ3) is 6.55. The molecule has 1 aliphatic heterocycles. The number of ether oxygens (including phenoxy) is 1. The summed E-state index contributed by atoms with van der Waals surface area (Å²) in [5.41, 5.74) is 4.13. The normalized spacial score (nSPS) is 14.5. The van der Waals surface area contributed by atoms with Gasteiger partial charge in [-0.05, 0) is 49.7 Å². The van der Waals surface area contributed by atoms with Crippen molar-refractivity contribution < 1.29 is 14.3 Å². The molecule has 172 valence electrons. The van der Waals surface area contributed by atoms with Crippen molar-refractivity contribution in [1.29, 1.82) is 0 Å². The van der Waals surface area contributed by atoms with E-state index in [-0.39, 0.29) is 11.8 Å². The fraction of sp³-hybridized carbons (Fsp3) is 0.440. The average Bonchev–Trinajstić information content (AvgIpc) is 2.77. The van der Waals surface area contributed by atoms with Crippen LogP contribution in [0.2, 0.25) is 0 Å². The Kier molecular flexibility index (Phi) is 8.25. The van der Waals surface area contributed by atoms with Gasteiger partial charge in [-0.1, -0.05) is 30.3 Å². The highest BCUT2D eigenvalue weighted by molar-refractivity contribution is 5.93. The van der Waals surface area contributed by atoms with E-state index in [1.807, 2.05) is 73.2 Å². The van der Waals surface area contributed by atoms with Gasteiger partial charge in [0.1, 0.15) is 5.75 Å². The number of aryl methyl sites for hydroxylation is 2. The maximum atomic E-state index is 12.7. The number of carbonyl (C=O) groups excluding carboxylic acids is 2. The van der Waals surface area contributed by atoms with E-state index in [1.165, 1.54) is 0 Å². The number of benzene rings is 2. The van der Waals surface area contributed by atoms with Gasteiger partial charge >= 0.3 is 0 Å². The minimum Gasteiger partial charge on any atom is -0.497 e. The second-order valence-corrected chi connectivity index (χ2v) is 8.50. The van der Waals surface area contributed by atoms with Crippen molar-refractivity contribution in [2.45, 2.75) is 20.4 Å². The van der Waals surface area contributed by atoms with Crippen LogP contribution >= 0.6 is 0 Å². The molecule has 1 fully saturated rings. The van der Waals surface area contributed by atoms with E-state index in [0.29, 0.717) is 45.8 Å². The number of methoxy groups -OCH3 is 1. The molecule has 2 aromatic carbocycles. The molecule has 7 nitrogen and oxygen atoms in total. The highest BCUT2D eigenvalue weighted by atomic mass is 16.5. The van der Waals surface area contributed by atoms with Gasteiger partial charge in [-0.15, -0.1) is 0 Å². The number of hydrogen-bond donors (Lipinski definition) is 1. The molecular weight excluding hydrogens is 404 g/mol. The third-order valence-electron chi connectivity index (χ3n) is 5.83. The molecular formula is C25H34N4O3. The molecule has 0 radical (unpaired) electrons. The molecule has 0 bridgehead atoms. The summed E-state index contributed by atoms with van der Waals surface area (Å²) >= 11 is 0. The zero-order valence-corrected chi connectivity index (χ0v) is 19.6. The number of anilines is 1. The lowest BCUT2D eigenvalue weighted by atomic mass is 10.1. The number of rotatable bonds is 8. The van der Waals surface area contributed by atoms with E-state index in [0.717, 1.165) is 28.1 Å². The first kappa shape index (κ1) is 23.8. The molecule has 1 N–H and O–H groups in total. The number of para-hydroxylation sites is 1. The predicted octanol–water partition coefficient (Wildman–Crippen LogP) is 2.53. The Labute approximate surface area is 190 Å². The van der Waals surface area contributed by atoms with Crippen LogP contribution in [0, 0.1) is 13.8 Å². The summed E-state index contributed by atoms with van der Waals surface area (Å²) in [4.78, 5) is 31.3. The van der Waals surface area contributed by atoms with Crippen LogP contribution in [0.15, 0.2) is 42.5 Å². The van der Waals surface area contributed by atoms with Crippen molar-refractivity contribution in [2.24, 2.45) is 0 Å². The molecule has 0 unspecified atom stereocenters. The number of nitrogens with one attached hydrogen (secondary N) is 1. The number of likely N-dealkylation sites (N-methyl/N-ethyl adjacent to an activating group) is 1. The van der Waals surface area contributed by atoms with Crippen molar-refractivity contribution >= 4 is 17.5 Å². The van der Waals surface area contributed by atoms with Gasteiger partial charge in [0.05, 0.1) is 20.2 Å². The fourth-order valence-corrected chi connectivity index (χ4v) is 4.02. The summed E-state index contributed by atoms with van der Waals surface area (Å²) in [7, 11) is 3.60. The summed E-state index contributed by atoms with van der Waals surface area (Å²) < 4.78 is 5.27.